The second kappa shape index (κ2) is 12.3. The Balaban J connectivity index is 0.00000529. The molecule has 0 saturated carbocycles. The van der Waals surface area contributed by atoms with Gasteiger partial charge in [0.15, 0.2) is 5.96 Å². The van der Waals surface area contributed by atoms with Crippen LogP contribution < -0.4 is 10.6 Å². The van der Waals surface area contributed by atoms with E-state index in [9.17, 15) is 9.59 Å². The first-order chi connectivity index (χ1) is 11.0. The van der Waals surface area contributed by atoms with Gasteiger partial charge in [-0.25, -0.2) is 4.99 Å². The molecule has 1 aliphatic heterocycles. The number of amides is 2. The third-order valence-electron chi connectivity index (χ3n) is 3.88. The molecule has 0 spiro atoms. The van der Waals surface area contributed by atoms with Crippen molar-refractivity contribution in [3.8, 4) is 0 Å². The molecule has 1 saturated heterocycles. The summed E-state index contributed by atoms with van der Waals surface area (Å²) < 4.78 is 0. The van der Waals surface area contributed by atoms with Crippen LogP contribution in [0.4, 0.5) is 0 Å². The van der Waals surface area contributed by atoms with Crippen LogP contribution in [0.3, 0.4) is 0 Å². The summed E-state index contributed by atoms with van der Waals surface area (Å²) in [6.07, 6.45) is 3.59. The molecule has 2 amide bonds. The van der Waals surface area contributed by atoms with Crippen LogP contribution in [0.1, 0.15) is 39.5 Å². The van der Waals surface area contributed by atoms with E-state index >= 15 is 0 Å². The lowest BCUT2D eigenvalue weighted by atomic mass is 10.3. The number of likely N-dealkylation sites (N-methyl/N-ethyl adjacent to an activating group) is 1. The average Bonchev–Trinajstić information content (AvgIpc) is 2.99. The van der Waals surface area contributed by atoms with Gasteiger partial charge in [-0.2, -0.15) is 0 Å². The first kappa shape index (κ1) is 22.9. The Morgan fingerprint density at radius 1 is 1.29 bits per heavy atom. The van der Waals surface area contributed by atoms with E-state index in [-0.39, 0.29) is 48.4 Å². The lowest BCUT2D eigenvalue weighted by molar-refractivity contribution is -0.130. The Morgan fingerprint density at radius 2 is 2.00 bits per heavy atom. The van der Waals surface area contributed by atoms with Crippen molar-refractivity contribution in [2.75, 3.05) is 40.3 Å². The van der Waals surface area contributed by atoms with Crippen LogP contribution in [0.5, 0.6) is 0 Å². The van der Waals surface area contributed by atoms with Crippen molar-refractivity contribution in [2.45, 2.75) is 45.6 Å². The minimum absolute atomic E-state index is 0. The van der Waals surface area contributed by atoms with Gasteiger partial charge in [-0.05, 0) is 12.8 Å². The second-order valence-corrected chi connectivity index (χ2v) is 6.06. The Morgan fingerprint density at radius 3 is 2.58 bits per heavy atom. The predicted molar refractivity (Wildman–Crippen MR) is 108 cm³/mol. The molecule has 1 fully saturated rings. The fourth-order valence-electron chi connectivity index (χ4n) is 2.35. The number of nitrogens with one attached hydrogen (secondary N) is 2. The third kappa shape index (κ3) is 8.16. The largest absolute Gasteiger partial charge is 0.356 e. The van der Waals surface area contributed by atoms with Crippen molar-refractivity contribution in [3.63, 3.8) is 0 Å². The number of hydrogen-bond donors (Lipinski definition) is 2. The Kier molecular flexibility index (Phi) is 11.8. The summed E-state index contributed by atoms with van der Waals surface area (Å²) in [5.41, 5.74) is 0. The van der Waals surface area contributed by atoms with Crippen molar-refractivity contribution in [1.29, 1.82) is 0 Å². The molecule has 1 aliphatic rings. The van der Waals surface area contributed by atoms with E-state index in [1.54, 1.807) is 14.1 Å². The van der Waals surface area contributed by atoms with Crippen molar-refractivity contribution in [1.82, 2.24) is 20.4 Å². The maximum absolute atomic E-state index is 11.7. The number of aliphatic imine (C=N–C) groups is 1. The van der Waals surface area contributed by atoms with Gasteiger partial charge in [0.2, 0.25) is 11.8 Å². The molecule has 24 heavy (non-hydrogen) atoms. The number of nitrogens with zero attached hydrogens (tertiary/aromatic N) is 3. The Bertz CT molecular complexity index is 429. The summed E-state index contributed by atoms with van der Waals surface area (Å²) in [6.45, 7) is 6.44. The molecule has 140 valence electrons. The van der Waals surface area contributed by atoms with Gasteiger partial charge in [0.1, 0.15) is 6.54 Å². The zero-order chi connectivity index (χ0) is 17.2. The Hall–Kier alpha value is -1.06. The standard InChI is InChI=1S/C16H31N5O2.HI/c1-5-7-9-17-16(18-11-15(23)20(3)4)19-13-8-10-21(12-13)14(22)6-2;/h13H,5-12H2,1-4H3,(H2,17,18,19);1H. The van der Waals surface area contributed by atoms with E-state index in [0.29, 0.717) is 18.9 Å². The number of likely N-dealkylation sites (tertiary alicyclic amines) is 1. The predicted octanol–water partition coefficient (Wildman–Crippen LogP) is 1.04. The van der Waals surface area contributed by atoms with E-state index in [2.05, 4.69) is 22.5 Å². The van der Waals surface area contributed by atoms with Gasteiger partial charge in [0.05, 0.1) is 0 Å². The molecule has 0 aromatic rings. The number of hydrogen-bond acceptors (Lipinski definition) is 3. The number of carbonyl (C=O) groups excluding carboxylic acids is 2. The summed E-state index contributed by atoms with van der Waals surface area (Å²) in [5.74, 6) is 0.815. The van der Waals surface area contributed by atoms with Gasteiger partial charge < -0.3 is 20.4 Å². The number of unbranched alkanes of at least 4 members (excludes halogenated alkanes) is 1. The molecule has 8 heteroatoms. The lowest BCUT2D eigenvalue weighted by Gasteiger charge is -2.19. The zero-order valence-electron chi connectivity index (χ0n) is 15.3. The van der Waals surface area contributed by atoms with Gasteiger partial charge in [-0.3, -0.25) is 9.59 Å². The van der Waals surface area contributed by atoms with Crippen LogP contribution in [0.25, 0.3) is 0 Å². The van der Waals surface area contributed by atoms with E-state index in [4.69, 9.17) is 0 Å². The highest BCUT2D eigenvalue weighted by Gasteiger charge is 2.25. The summed E-state index contributed by atoms with van der Waals surface area (Å²) in [4.78, 5) is 31.2. The molecular weight excluding hydrogens is 421 g/mol. The van der Waals surface area contributed by atoms with Crippen LogP contribution >= 0.6 is 24.0 Å². The van der Waals surface area contributed by atoms with Crippen LogP contribution in [-0.2, 0) is 9.59 Å². The van der Waals surface area contributed by atoms with Crippen LogP contribution in [0.2, 0.25) is 0 Å². The quantitative estimate of drug-likeness (QED) is 0.262. The first-order valence-electron chi connectivity index (χ1n) is 8.50. The van der Waals surface area contributed by atoms with Gasteiger partial charge in [-0.1, -0.05) is 20.3 Å². The fraction of sp³-hybridized carbons (Fsp3) is 0.812. The zero-order valence-corrected chi connectivity index (χ0v) is 17.6. The maximum Gasteiger partial charge on any atom is 0.243 e. The van der Waals surface area contributed by atoms with Crippen molar-refractivity contribution < 1.29 is 9.59 Å². The molecule has 1 heterocycles. The van der Waals surface area contributed by atoms with Gasteiger partial charge in [0, 0.05) is 46.2 Å². The van der Waals surface area contributed by atoms with E-state index in [0.717, 1.165) is 32.4 Å². The summed E-state index contributed by atoms with van der Waals surface area (Å²) >= 11 is 0. The summed E-state index contributed by atoms with van der Waals surface area (Å²) in [5, 5.41) is 6.62. The minimum Gasteiger partial charge on any atom is -0.356 e. The highest BCUT2D eigenvalue weighted by Crippen LogP contribution is 2.10. The highest BCUT2D eigenvalue weighted by atomic mass is 127. The maximum atomic E-state index is 11.7. The fourth-order valence-corrected chi connectivity index (χ4v) is 2.35. The third-order valence-corrected chi connectivity index (χ3v) is 3.88. The van der Waals surface area contributed by atoms with Gasteiger partial charge in [-0.15, -0.1) is 24.0 Å². The first-order valence-corrected chi connectivity index (χ1v) is 8.50. The van der Waals surface area contributed by atoms with E-state index in [1.165, 1.54) is 4.90 Å². The molecule has 0 radical (unpaired) electrons. The monoisotopic (exact) mass is 453 g/mol. The molecule has 2 N–H and O–H groups in total. The molecule has 1 atom stereocenters. The topological polar surface area (TPSA) is 77.0 Å². The van der Waals surface area contributed by atoms with Gasteiger partial charge >= 0.3 is 0 Å². The van der Waals surface area contributed by atoms with Crippen molar-refractivity contribution in [3.05, 3.63) is 0 Å². The normalized spacial score (nSPS) is 17.2. The molecule has 0 bridgehead atoms. The number of carbonyl (C=O) groups is 2. The Labute approximate surface area is 162 Å². The smallest absolute Gasteiger partial charge is 0.243 e. The average molecular weight is 453 g/mol. The van der Waals surface area contributed by atoms with Crippen molar-refractivity contribution >= 4 is 41.8 Å². The van der Waals surface area contributed by atoms with E-state index in [1.807, 2.05) is 11.8 Å². The second-order valence-electron chi connectivity index (χ2n) is 6.06. The molecule has 0 aromatic heterocycles. The van der Waals surface area contributed by atoms with E-state index < -0.39 is 0 Å². The molecule has 1 rings (SSSR count). The van der Waals surface area contributed by atoms with Crippen LogP contribution in [0, 0.1) is 0 Å². The van der Waals surface area contributed by atoms with Crippen molar-refractivity contribution in [2.24, 2.45) is 4.99 Å². The molecule has 0 aliphatic carbocycles. The molecule has 7 nitrogen and oxygen atoms in total. The number of rotatable bonds is 7. The van der Waals surface area contributed by atoms with Gasteiger partial charge in [0.25, 0.3) is 0 Å². The number of guanidine groups is 1. The highest BCUT2D eigenvalue weighted by molar-refractivity contribution is 14.0. The molecular formula is C16H32IN5O2. The number of halogens is 1. The molecule has 1 unspecified atom stereocenters. The SMILES string of the molecule is CCCCNC(=NCC(=O)N(C)C)NC1CCN(C(=O)CC)C1.I. The summed E-state index contributed by atoms with van der Waals surface area (Å²) in [6, 6.07) is 0.188. The summed E-state index contributed by atoms with van der Waals surface area (Å²) in [7, 11) is 3.45. The molecule has 0 aromatic carbocycles. The lowest BCUT2D eigenvalue weighted by Crippen LogP contribution is -2.45. The van der Waals surface area contributed by atoms with Crippen LogP contribution in [0.15, 0.2) is 4.99 Å². The minimum atomic E-state index is -0.0317. The van der Waals surface area contributed by atoms with Crippen LogP contribution in [-0.4, -0.2) is 73.9 Å².